The van der Waals surface area contributed by atoms with Crippen molar-refractivity contribution in [1.82, 2.24) is 15.3 Å². The van der Waals surface area contributed by atoms with Crippen LogP contribution in [0.25, 0.3) is 10.0 Å². The van der Waals surface area contributed by atoms with E-state index in [9.17, 15) is 0 Å². The summed E-state index contributed by atoms with van der Waals surface area (Å²) in [6.45, 7) is 4.06. The standard InChI is InChI=1S/C10H13N3S2/c1-2-3-11-6-8-7-15-10(13-8)9-12-4-5-14-9/h4-5,7,11H,2-3,6H2,1H3. The number of thiazole rings is 2. The quantitative estimate of drug-likeness (QED) is 0.815. The molecule has 0 radical (unpaired) electrons. The van der Waals surface area contributed by atoms with E-state index in [1.165, 1.54) is 0 Å². The average Bonchev–Trinajstić information content (AvgIpc) is 2.87. The molecule has 0 saturated carbocycles. The van der Waals surface area contributed by atoms with Gasteiger partial charge in [0.05, 0.1) is 5.69 Å². The fraction of sp³-hybridized carbons (Fsp3) is 0.400. The van der Waals surface area contributed by atoms with Crippen LogP contribution in [0.5, 0.6) is 0 Å². The fourth-order valence-corrected chi connectivity index (χ4v) is 2.72. The summed E-state index contributed by atoms with van der Waals surface area (Å²) in [6.07, 6.45) is 2.97. The van der Waals surface area contributed by atoms with Crippen LogP contribution in [0.2, 0.25) is 0 Å². The second kappa shape index (κ2) is 5.34. The van der Waals surface area contributed by atoms with E-state index < -0.39 is 0 Å². The highest BCUT2D eigenvalue weighted by atomic mass is 32.1. The van der Waals surface area contributed by atoms with E-state index in [0.29, 0.717) is 0 Å². The normalized spacial score (nSPS) is 10.7. The summed E-state index contributed by atoms with van der Waals surface area (Å²) in [7, 11) is 0. The third kappa shape index (κ3) is 2.84. The summed E-state index contributed by atoms with van der Waals surface area (Å²) in [5.74, 6) is 0. The predicted octanol–water partition coefficient (Wildman–Crippen LogP) is 2.77. The maximum Gasteiger partial charge on any atom is 0.152 e. The molecule has 0 amide bonds. The second-order valence-electron chi connectivity index (χ2n) is 3.16. The SMILES string of the molecule is CCCNCc1csc(-c2nccs2)n1. The van der Waals surface area contributed by atoms with E-state index in [2.05, 4.69) is 27.6 Å². The molecule has 3 nitrogen and oxygen atoms in total. The molecule has 2 rings (SSSR count). The van der Waals surface area contributed by atoms with Gasteiger partial charge >= 0.3 is 0 Å². The van der Waals surface area contributed by atoms with E-state index in [0.717, 1.165) is 35.2 Å². The Morgan fingerprint density at radius 2 is 2.27 bits per heavy atom. The molecule has 15 heavy (non-hydrogen) atoms. The van der Waals surface area contributed by atoms with Crippen LogP contribution in [0.3, 0.4) is 0 Å². The second-order valence-corrected chi connectivity index (χ2v) is 4.91. The van der Waals surface area contributed by atoms with Crippen LogP contribution in [-0.2, 0) is 6.54 Å². The van der Waals surface area contributed by atoms with E-state index >= 15 is 0 Å². The van der Waals surface area contributed by atoms with Crippen molar-refractivity contribution in [3.63, 3.8) is 0 Å². The van der Waals surface area contributed by atoms with Gasteiger partial charge < -0.3 is 5.32 Å². The molecular weight excluding hydrogens is 226 g/mol. The van der Waals surface area contributed by atoms with Gasteiger partial charge in [0.15, 0.2) is 10.0 Å². The first-order valence-corrected chi connectivity index (χ1v) is 6.71. The van der Waals surface area contributed by atoms with Crippen molar-refractivity contribution < 1.29 is 0 Å². The van der Waals surface area contributed by atoms with Gasteiger partial charge in [-0.15, -0.1) is 22.7 Å². The first-order valence-electron chi connectivity index (χ1n) is 4.95. The summed E-state index contributed by atoms with van der Waals surface area (Å²) < 4.78 is 0. The van der Waals surface area contributed by atoms with Crippen LogP contribution in [0.1, 0.15) is 19.0 Å². The molecule has 80 valence electrons. The molecule has 0 atom stereocenters. The molecule has 0 spiro atoms. The Hall–Kier alpha value is -0.780. The van der Waals surface area contributed by atoms with Crippen LogP contribution in [-0.4, -0.2) is 16.5 Å². The van der Waals surface area contributed by atoms with Gasteiger partial charge in [-0.05, 0) is 13.0 Å². The summed E-state index contributed by atoms with van der Waals surface area (Å²) in [5, 5.41) is 9.45. The monoisotopic (exact) mass is 239 g/mol. The number of rotatable bonds is 5. The number of nitrogens with zero attached hydrogens (tertiary/aromatic N) is 2. The largest absolute Gasteiger partial charge is 0.311 e. The molecule has 2 aromatic heterocycles. The van der Waals surface area contributed by atoms with Gasteiger partial charge in [0.25, 0.3) is 0 Å². The molecule has 0 aliphatic rings. The minimum atomic E-state index is 0.857. The van der Waals surface area contributed by atoms with Crippen LogP contribution in [0.15, 0.2) is 17.0 Å². The number of nitrogens with one attached hydrogen (secondary N) is 1. The highest BCUT2D eigenvalue weighted by Gasteiger charge is 2.05. The lowest BCUT2D eigenvalue weighted by Gasteiger charge is -1.97. The lowest BCUT2D eigenvalue weighted by molar-refractivity contribution is 0.667. The molecule has 5 heteroatoms. The van der Waals surface area contributed by atoms with Gasteiger partial charge in [0, 0.05) is 23.5 Å². The minimum Gasteiger partial charge on any atom is -0.311 e. The molecule has 0 fully saturated rings. The number of aromatic nitrogens is 2. The molecular formula is C10H13N3S2. The molecule has 0 aliphatic heterocycles. The van der Waals surface area contributed by atoms with Crippen molar-refractivity contribution in [3.8, 4) is 10.0 Å². The van der Waals surface area contributed by atoms with Gasteiger partial charge in [0.2, 0.25) is 0 Å². The zero-order valence-electron chi connectivity index (χ0n) is 8.56. The van der Waals surface area contributed by atoms with E-state index in [1.54, 1.807) is 22.7 Å². The van der Waals surface area contributed by atoms with Crippen molar-refractivity contribution in [1.29, 1.82) is 0 Å². The number of hydrogen-bond donors (Lipinski definition) is 1. The molecule has 0 bridgehead atoms. The maximum atomic E-state index is 4.53. The minimum absolute atomic E-state index is 0.857. The van der Waals surface area contributed by atoms with Crippen LogP contribution < -0.4 is 5.32 Å². The molecule has 0 saturated heterocycles. The van der Waals surface area contributed by atoms with Crippen molar-refractivity contribution in [2.45, 2.75) is 19.9 Å². The first-order chi connectivity index (χ1) is 7.40. The molecule has 2 aromatic rings. The van der Waals surface area contributed by atoms with Gasteiger partial charge in [0.1, 0.15) is 0 Å². The summed E-state index contributed by atoms with van der Waals surface area (Å²) in [6, 6.07) is 0. The first kappa shape index (κ1) is 10.7. The van der Waals surface area contributed by atoms with Crippen molar-refractivity contribution in [2.24, 2.45) is 0 Å². The maximum absolute atomic E-state index is 4.53. The Morgan fingerprint density at radius 3 is 3.00 bits per heavy atom. The van der Waals surface area contributed by atoms with E-state index in [-0.39, 0.29) is 0 Å². The van der Waals surface area contributed by atoms with Crippen LogP contribution in [0.4, 0.5) is 0 Å². The van der Waals surface area contributed by atoms with Crippen molar-refractivity contribution >= 4 is 22.7 Å². The zero-order valence-corrected chi connectivity index (χ0v) is 10.2. The molecule has 2 heterocycles. The van der Waals surface area contributed by atoms with Gasteiger partial charge in [-0.1, -0.05) is 6.92 Å². The van der Waals surface area contributed by atoms with Gasteiger partial charge in [-0.3, -0.25) is 0 Å². The molecule has 0 aromatic carbocycles. The lowest BCUT2D eigenvalue weighted by atomic mass is 10.4. The lowest BCUT2D eigenvalue weighted by Crippen LogP contribution is -2.13. The number of hydrogen-bond acceptors (Lipinski definition) is 5. The summed E-state index contributed by atoms with van der Waals surface area (Å²) in [5.41, 5.74) is 1.11. The summed E-state index contributed by atoms with van der Waals surface area (Å²) >= 11 is 3.30. The highest BCUT2D eigenvalue weighted by molar-refractivity contribution is 7.19. The smallest absolute Gasteiger partial charge is 0.152 e. The molecule has 0 unspecified atom stereocenters. The Bertz CT molecular complexity index is 394. The van der Waals surface area contributed by atoms with Gasteiger partial charge in [-0.2, -0.15) is 0 Å². The van der Waals surface area contributed by atoms with Crippen LogP contribution >= 0.6 is 22.7 Å². The Balaban J connectivity index is 1.98. The molecule has 1 N–H and O–H groups in total. The third-order valence-corrected chi connectivity index (χ3v) is 3.71. The fourth-order valence-electron chi connectivity index (χ4n) is 1.21. The van der Waals surface area contributed by atoms with E-state index in [4.69, 9.17) is 0 Å². The van der Waals surface area contributed by atoms with Crippen molar-refractivity contribution in [2.75, 3.05) is 6.54 Å². The predicted molar refractivity (Wildman–Crippen MR) is 65.2 cm³/mol. The Kier molecular flexibility index (Phi) is 3.82. The Labute approximate surface area is 97.2 Å². The molecule has 0 aliphatic carbocycles. The van der Waals surface area contributed by atoms with Gasteiger partial charge in [-0.25, -0.2) is 9.97 Å². The topological polar surface area (TPSA) is 37.8 Å². The zero-order chi connectivity index (χ0) is 10.5. The highest BCUT2D eigenvalue weighted by Crippen LogP contribution is 2.25. The van der Waals surface area contributed by atoms with Crippen LogP contribution in [0, 0.1) is 0 Å². The Morgan fingerprint density at radius 1 is 1.33 bits per heavy atom. The van der Waals surface area contributed by atoms with E-state index in [1.807, 2.05) is 11.6 Å². The summed E-state index contributed by atoms with van der Waals surface area (Å²) in [4.78, 5) is 8.77. The third-order valence-electron chi connectivity index (χ3n) is 1.90. The van der Waals surface area contributed by atoms with Crippen molar-refractivity contribution in [3.05, 3.63) is 22.7 Å². The average molecular weight is 239 g/mol.